The topological polar surface area (TPSA) is 60.7 Å². The van der Waals surface area contributed by atoms with Gasteiger partial charge in [0.05, 0.1) is 6.10 Å². The van der Waals surface area contributed by atoms with Gasteiger partial charge in [0.1, 0.15) is 11.5 Å². The molecule has 0 aliphatic rings. The summed E-state index contributed by atoms with van der Waals surface area (Å²) in [6, 6.07) is 14.1. The smallest absolute Gasteiger partial charge is 0.115 e. The first-order chi connectivity index (χ1) is 10.6. The third kappa shape index (κ3) is 5.62. The molecule has 0 saturated heterocycles. The molecule has 0 fully saturated rings. The molecule has 3 heteroatoms. The summed E-state index contributed by atoms with van der Waals surface area (Å²) in [7, 11) is 0. The van der Waals surface area contributed by atoms with Crippen LogP contribution in [0.5, 0.6) is 11.5 Å². The molecule has 0 aliphatic carbocycles. The maximum absolute atomic E-state index is 9.98. The Bertz CT molecular complexity index is 585. The van der Waals surface area contributed by atoms with Gasteiger partial charge in [-0.15, -0.1) is 0 Å². The van der Waals surface area contributed by atoms with Crippen LogP contribution in [0.25, 0.3) is 6.08 Å². The average molecular weight is 298 g/mol. The number of aryl methyl sites for hydroxylation is 1. The largest absolute Gasteiger partial charge is 0.508 e. The van der Waals surface area contributed by atoms with E-state index >= 15 is 0 Å². The van der Waals surface area contributed by atoms with Crippen molar-refractivity contribution in [2.45, 2.75) is 31.8 Å². The number of rotatable bonds is 7. The van der Waals surface area contributed by atoms with Gasteiger partial charge in [-0.1, -0.05) is 36.4 Å². The summed E-state index contributed by atoms with van der Waals surface area (Å²) in [6.07, 6.45) is 6.78. The van der Waals surface area contributed by atoms with E-state index in [1.54, 1.807) is 24.3 Å². The molecular weight excluding hydrogens is 276 g/mol. The van der Waals surface area contributed by atoms with E-state index in [1.165, 1.54) is 0 Å². The standard InChI is InChI=1S/C19H22O3/c20-17(10-7-16-8-13-19(22)14-9-16)4-2-1-3-15-5-11-18(21)12-6-15/h1,3,5-6,8-9,11-14,17,20-22H,2,4,7,10H2/t17-/m1/s1. The van der Waals surface area contributed by atoms with E-state index in [9.17, 15) is 15.3 Å². The van der Waals surface area contributed by atoms with Gasteiger partial charge in [-0.05, 0) is 61.1 Å². The van der Waals surface area contributed by atoms with Gasteiger partial charge < -0.3 is 15.3 Å². The highest BCUT2D eigenvalue weighted by Crippen LogP contribution is 2.14. The van der Waals surface area contributed by atoms with Crippen molar-refractivity contribution in [3.8, 4) is 11.5 Å². The van der Waals surface area contributed by atoms with Crippen LogP contribution in [0.1, 0.15) is 30.4 Å². The lowest BCUT2D eigenvalue weighted by Gasteiger charge is -2.09. The lowest BCUT2D eigenvalue weighted by atomic mass is 10.0. The normalized spacial score (nSPS) is 12.6. The molecule has 116 valence electrons. The van der Waals surface area contributed by atoms with Gasteiger partial charge in [0, 0.05) is 0 Å². The Hall–Kier alpha value is -2.26. The monoisotopic (exact) mass is 298 g/mol. The van der Waals surface area contributed by atoms with Crippen molar-refractivity contribution in [3.05, 3.63) is 65.7 Å². The molecule has 0 aliphatic heterocycles. The van der Waals surface area contributed by atoms with E-state index in [-0.39, 0.29) is 17.6 Å². The zero-order valence-electron chi connectivity index (χ0n) is 12.5. The first-order valence-corrected chi connectivity index (χ1v) is 7.55. The molecular formula is C19H22O3. The number of hydrogen-bond acceptors (Lipinski definition) is 3. The van der Waals surface area contributed by atoms with Gasteiger partial charge in [0.2, 0.25) is 0 Å². The Kier molecular flexibility index (Phi) is 6.04. The summed E-state index contributed by atoms with van der Waals surface area (Å²) >= 11 is 0. The van der Waals surface area contributed by atoms with Crippen molar-refractivity contribution in [3.63, 3.8) is 0 Å². The second-order valence-electron chi connectivity index (χ2n) is 5.43. The molecule has 1 atom stereocenters. The molecule has 0 spiro atoms. The van der Waals surface area contributed by atoms with Crippen LogP contribution in [-0.2, 0) is 6.42 Å². The van der Waals surface area contributed by atoms with Gasteiger partial charge in [-0.25, -0.2) is 0 Å². The van der Waals surface area contributed by atoms with Crippen LogP contribution in [0.15, 0.2) is 54.6 Å². The summed E-state index contributed by atoms with van der Waals surface area (Å²) in [5.41, 5.74) is 2.16. The van der Waals surface area contributed by atoms with Gasteiger partial charge in [0.25, 0.3) is 0 Å². The van der Waals surface area contributed by atoms with Crippen molar-refractivity contribution in [2.75, 3.05) is 0 Å². The Morgan fingerprint density at radius 1 is 0.818 bits per heavy atom. The van der Waals surface area contributed by atoms with Gasteiger partial charge in [-0.3, -0.25) is 0 Å². The molecule has 3 nitrogen and oxygen atoms in total. The minimum absolute atomic E-state index is 0.266. The minimum atomic E-state index is -0.321. The predicted molar refractivity (Wildman–Crippen MR) is 88.8 cm³/mol. The third-order valence-corrected chi connectivity index (χ3v) is 3.57. The van der Waals surface area contributed by atoms with Crippen LogP contribution >= 0.6 is 0 Å². The van der Waals surface area contributed by atoms with Crippen LogP contribution in [0, 0.1) is 0 Å². The first kappa shape index (κ1) is 16.1. The second kappa shape index (κ2) is 8.25. The highest BCUT2D eigenvalue weighted by atomic mass is 16.3. The predicted octanol–water partition coefficient (Wildman–Crippen LogP) is 3.88. The van der Waals surface area contributed by atoms with E-state index in [0.29, 0.717) is 0 Å². The molecule has 0 radical (unpaired) electrons. The summed E-state index contributed by atoms with van der Waals surface area (Å²) < 4.78 is 0. The maximum atomic E-state index is 9.98. The number of phenolic OH excluding ortho intramolecular Hbond substituents is 2. The Labute approximate surface area is 131 Å². The van der Waals surface area contributed by atoms with Crippen molar-refractivity contribution < 1.29 is 15.3 Å². The van der Waals surface area contributed by atoms with E-state index < -0.39 is 0 Å². The van der Waals surface area contributed by atoms with Crippen LogP contribution in [0.2, 0.25) is 0 Å². The van der Waals surface area contributed by atoms with Crippen molar-refractivity contribution >= 4 is 6.08 Å². The molecule has 0 amide bonds. The Morgan fingerprint density at radius 2 is 1.41 bits per heavy atom. The summed E-state index contributed by atoms with van der Waals surface area (Å²) in [4.78, 5) is 0. The molecule has 2 aromatic rings. The first-order valence-electron chi connectivity index (χ1n) is 7.55. The van der Waals surface area contributed by atoms with Crippen LogP contribution in [0.4, 0.5) is 0 Å². The number of aromatic hydroxyl groups is 2. The average Bonchev–Trinajstić information content (AvgIpc) is 2.53. The maximum Gasteiger partial charge on any atom is 0.115 e. The Morgan fingerprint density at radius 3 is 2.05 bits per heavy atom. The number of hydrogen-bond donors (Lipinski definition) is 3. The summed E-state index contributed by atoms with van der Waals surface area (Å²) in [5.74, 6) is 0.533. The number of benzene rings is 2. The molecule has 0 saturated carbocycles. The van der Waals surface area contributed by atoms with Crippen molar-refractivity contribution in [1.82, 2.24) is 0 Å². The fraction of sp³-hybridized carbons (Fsp3) is 0.263. The highest BCUT2D eigenvalue weighted by Gasteiger charge is 2.03. The fourth-order valence-electron chi connectivity index (χ4n) is 2.23. The summed E-state index contributed by atoms with van der Waals surface area (Å²) in [5, 5.41) is 28.4. The van der Waals surface area contributed by atoms with Crippen LogP contribution in [0.3, 0.4) is 0 Å². The fourth-order valence-corrected chi connectivity index (χ4v) is 2.23. The quantitative estimate of drug-likeness (QED) is 0.727. The van der Waals surface area contributed by atoms with Crippen LogP contribution < -0.4 is 0 Å². The zero-order valence-corrected chi connectivity index (χ0v) is 12.5. The van der Waals surface area contributed by atoms with Crippen molar-refractivity contribution in [2.24, 2.45) is 0 Å². The van der Waals surface area contributed by atoms with Crippen molar-refractivity contribution in [1.29, 1.82) is 0 Å². The molecule has 0 aromatic heterocycles. The molecule has 22 heavy (non-hydrogen) atoms. The molecule has 0 heterocycles. The number of aliphatic hydroxyl groups is 1. The van der Waals surface area contributed by atoms with E-state index in [4.69, 9.17) is 0 Å². The van der Waals surface area contributed by atoms with E-state index in [1.807, 2.05) is 36.4 Å². The second-order valence-corrected chi connectivity index (χ2v) is 5.43. The molecule has 2 aromatic carbocycles. The molecule has 0 bridgehead atoms. The zero-order chi connectivity index (χ0) is 15.8. The van der Waals surface area contributed by atoms with Gasteiger partial charge in [-0.2, -0.15) is 0 Å². The highest BCUT2D eigenvalue weighted by molar-refractivity contribution is 5.50. The number of allylic oxidation sites excluding steroid dienone is 1. The molecule has 3 N–H and O–H groups in total. The molecule has 0 unspecified atom stereocenters. The number of aliphatic hydroxyl groups excluding tert-OH is 1. The number of phenols is 2. The Balaban J connectivity index is 1.68. The van der Waals surface area contributed by atoms with E-state index in [0.717, 1.165) is 36.8 Å². The summed E-state index contributed by atoms with van der Waals surface area (Å²) in [6.45, 7) is 0. The molecule has 2 rings (SSSR count). The van der Waals surface area contributed by atoms with Crippen LogP contribution in [-0.4, -0.2) is 21.4 Å². The lowest BCUT2D eigenvalue weighted by molar-refractivity contribution is 0.156. The van der Waals surface area contributed by atoms with Gasteiger partial charge >= 0.3 is 0 Å². The third-order valence-electron chi connectivity index (χ3n) is 3.57. The lowest BCUT2D eigenvalue weighted by Crippen LogP contribution is -2.07. The van der Waals surface area contributed by atoms with Gasteiger partial charge in [0.15, 0.2) is 0 Å². The SMILES string of the molecule is Oc1ccc(C=CCC[C@@H](O)CCc2ccc(O)cc2)cc1. The van der Waals surface area contributed by atoms with E-state index in [2.05, 4.69) is 0 Å². The minimum Gasteiger partial charge on any atom is -0.508 e.